The van der Waals surface area contributed by atoms with Gasteiger partial charge < -0.3 is 14.4 Å². The lowest BCUT2D eigenvalue weighted by Crippen LogP contribution is -2.46. The average Bonchev–Trinajstić information content (AvgIpc) is 3.06. The van der Waals surface area contributed by atoms with Crippen LogP contribution < -0.4 is 0 Å². The summed E-state index contributed by atoms with van der Waals surface area (Å²) in [6, 6.07) is 7.72. The number of hydrogen-bond donors (Lipinski definition) is 0. The van der Waals surface area contributed by atoms with Gasteiger partial charge in [0.2, 0.25) is 5.91 Å². The summed E-state index contributed by atoms with van der Waals surface area (Å²) in [5.74, 6) is -2.04. The van der Waals surface area contributed by atoms with Crippen molar-refractivity contribution in [3.05, 3.63) is 35.9 Å². The molecular formula is C18H20N2O7. The van der Waals surface area contributed by atoms with Gasteiger partial charge in [-0.1, -0.05) is 30.3 Å². The van der Waals surface area contributed by atoms with Crippen molar-refractivity contribution in [3.63, 3.8) is 0 Å². The highest BCUT2D eigenvalue weighted by Crippen LogP contribution is 2.22. The molecule has 0 aromatic heterocycles. The summed E-state index contributed by atoms with van der Waals surface area (Å²) in [4.78, 5) is 64.2. The predicted octanol–water partition coefficient (Wildman–Crippen LogP) is 1.21. The highest BCUT2D eigenvalue weighted by atomic mass is 16.7. The van der Waals surface area contributed by atoms with Gasteiger partial charge in [-0.2, -0.15) is 5.06 Å². The molecule has 9 nitrogen and oxygen atoms in total. The minimum Gasteiger partial charge on any atom is -0.444 e. The van der Waals surface area contributed by atoms with Crippen LogP contribution in [0.1, 0.15) is 31.2 Å². The van der Waals surface area contributed by atoms with Crippen LogP contribution in [0, 0.1) is 0 Å². The van der Waals surface area contributed by atoms with E-state index in [9.17, 15) is 24.0 Å². The van der Waals surface area contributed by atoms with Crippen molar-refractivity contribution in [3.8, 4) is 0 Å². The first-order valence-corrected chi connectivity index (χ1v) is 8.38. The SMILES string of the molecule is CN(OC(=O)C1CCC(=O)N1C(=O)OCc1ccccc1)C(=O)CCC=O. The standard InChI is InChI=1S/C18H20N2O7/c1-19(15(22)8-5-11-21)27-17(24)14-9-10-16(23)20(14)18(25)26-12-13-6-3-2-4-7-13/h2-4,6-7,11,14H,5,8-10,12H2,1H3. The number of nitrogens with zero attached hydrogens (tertiary/aromatic N) is 2. The second-order valence-corrected chi connectivity index (χ2v) is 5.87. The fraction of sp³-hybridized carbons (Fsp3) is 0.389. The molecule has 1 unspecified atom stereocenters. The summed E-state index contributed by atoms with van der Waals surface area (Å²) in [6.45, 7) is -0.0463. The van der Waals surface area contributed by atoms with Crippen LogP contribution in [0.4, 0.5) is 4.79 Å². The Morgan fingerprint density at radius 1 is 1.26 bits per heavy atom. The molecule has 0 aliphatic carbocycles. The van der Waals surface area contributed by atoms with Gasteiger partial charge in [0.15, 0.2) is 0 Å². The van der Waals surface area contributed by atoms with Crippen LogP contribution in [0.25, 0.3) is 0 Å². The van der Waals surface area contributed by atoms with E-state index < -0.39 is 29.9 Å². The van der Waals surface area contributed by atoms with Crippen LogP contribution in [0.5, 0.6) is 0 Å². The molecule has 0 radical (unpaired) electrons. The van der Waals surface area contributed by atoms with Crippen molar-refractivity contribution < 1.29 is 33.5 Å². The van der Waals surface area contributed by atoms with Crippen molar-refractivity contribution in [2.45, 2.75) is 38.3 Å². The van der Waals surface area contributed by atoms with Crippen molar-refractivity contribution in [2.24, 2.45) is 0 Å². The van der Waals surface area contributed by atoms with E-state index >= 15 is 0 Å². The molecule has 27 heavy (non-hydrogen) atoms. The number of likely N-dealkylation sites (tertiary alicyclic amines) is 1. The van der Waals surface area contributed by atoms with Gasteiger partial charge in [-0.3, -0.25) is 9.59 Å². The number of imide groups is 1. The third kappa shape index (κ3) is 5.37. The molecule has 1 heterocycles. The van der Waals surface area contributed by atoms with E-state index in [4.69, 9.17) is 9.57 Å². The van der Waals surface area contributed by atoms with Crippen LogP contribution in [0.3, 0.4) is 0 Å². The first-order chi connectivity index (χ1) is 12.9. The molecule has 0 N–H and O–H groups in total. The maximum atomic E-state index is 12.3. The van der Waals surface area contributed by atoms with Crippen LogP contribution >= 0.6 is 0 Å². The van der Waals surface area contributed by atoms with Crippen molar-refractivity contribution in [1.82, 2.24) is 9.96 Å². The lowest BCUT2D eigenvalue weighted by atomic mass is 10.2. The molecule has 1 atom stereocenters. The molecule has 0 spiro atoms. The minimum absolute atomic E-state index is 0.000571. The highest BCUT2D eigenvalue weighted by Gasteiger charge is 2.43. The lowest BCUT2D eigenvalue weighted by molar-refractivity contribution is -0.196. The van der Waals surface area contributed by atoms with E-state index in [0.29, 0.717) is 11.3 Å². The number of amides is 3. The van der Waals surface area contributed by atoms with E-state index in [-0.39, 0.29) is 32.3 Å². The Kier molecular flexibility index (Phi) is 7.04. The summed E-state index contributed by atoms with van der Waals surface area (Å²) in [5, 5.41) is 0.697. The number of ether oxygens (including phenoxy) is 1. The summed E-state index contributed by atoms with van der Waals surface area (Å²) < 4.78 is 5.11. The smallest absolute Gasteiger partial charge is 0.417 e. The molecule has 1 aliphatic rings. The van der Waals surface area contributed by atoms with Gasteiger partial charge in [-0.05, 0) is 12.0 Å². The van der Waals surface area contributed by atoms with Crippen molar-refractivity contribution >= 4 is 30.2 Å². The number of rotatable bonds is 6. The Bertz CT molecular complexity index is 720. The molecule has 1 saturated heterocycles. The number of hydroxylamine groups is 2. The van der Waals surface area contributed by atoms with E-state index in [2.05, 4.69) is 0 Å². The molecule has 0 bridgehead atoms. The Morgan fingerprint density at radius 3 is 2.63 bits per heavy atom. The third-order valence-corrected chi connectivity index (χ3v) is 3.94. The topological polar surface area (TPSA) is 110 Å². The Balaban J connectivity index is 1.95. The van der Waals surface area contributed by atoms with E-state index in [1.165, 1.54) is 7.05 Å². The summed E-state index contributed by atoms with van der Waals surface area (Å²) in [6.07, 6.45) is -0.413. The summed E-state index contributed by atoms with van der Waals surface area (Å²) in [5.41, 5.74) is 0.733. The van der Waals surface area contributed by atoms with Crippen LogP contribution in [-0.4, -0.2) is 53.2 Å². The molecule has 1 aromatic carbocycles. The number of benzene rings is 1. The molecular weight excluding hydrogens is 356 g/mol. The number of hydrogen-bond acceptors (Lipinski definition) is 7. The van der Waals surface area contributed by atoms with Gasteiger partial charge in [0.05, 0.1) is 0 Å². The maximum absolute atomic E-state index is 12.3. The van der Waals surface area contributed by atoms with Crippen LogP contribution in [-0.2, 0) is 35.4 Å². The van der Waals surface area contributed by atoms with Crippen molar-refractivity contribution in [1.29, 1.82) is 0 Å². The summed E-state index contributed by atoms with van der Waals surface area (Å²) >= 11 is 0. The maximum Gasteiger partial charge on any atom is 0.417 e. The zero-order valence-corrected chi connectivity index (χ0v) is 14.8. The lowest BCUT2D eigenvalue weighted by Gasteiger charge is -2.23. The molecule has 3 amide bonds. The van der Waals surface area contributed by atoms with E-state index in [1.54, 1.807) is 24.3 Å². The monoisotopic (exact) mass is 376 g/mol. The fourth-order valence-electron chi connectivity index (χ4n) is 2.51. The van der Waals surface area contributed by atoms with Gasteiger partial charge in [0, 0.05) is 26.3 Å². The Hall–Kier alpha value is -3.23. The zero-order valence-electron chi connectivity index (χ0n) is 14.8. The molecule has 144 valence electrons. The molecule has 0 saturated carbocycles. The second-order valence-electron chi connectivity index (χ2n) is 5.87. The van der Waals surface area contributed by atoms with Gasteiger partial charge in [-0.15, -0.1) is 0 Å². The fourth-order valence-corrected chi connectivity index (χ4v) is 2.51. The van der Waals surface area contributed by atoms with Gasteiger partial charge in [-0.25, -0.2) is 14.5 Å². The van der Waals surface area contributed by atoms with E-state index in [1.807, 2.05) is 6.07 Å². The second kappa shape index (κ2) is 9.46. The van der Waals surface area contributed by atoms with Gasteiger partial charge in [0.25, 0.3) is 5.91 Å². The normalized spacial score (nSPS) is 16.0. The van der Waals surface area contributed by atoms with Gasteiger partial charge in [0.1, 0.15) is 18.9 Å². The largest absolute Gasteiger partial charge is 0.444 e. The predicted molar refractivity (Wildman–Crippen MR) is 90.7 cm³/mol. The molecule has 1 aromatic rings. The minimum atomic E-state index is -1.16. The number of aldehydes is 1. The Morgan fingerprint density at radius 2 is 1.96 bits per heavy atom. The highest BCUT2D eigenvalue weighted by molar-refractivity contribution is 5.99. The molecule has 2 rings (SSSR count). The summed E-state index contributed by atoms with van der Waals surface area (Å²) in [7, 11) is 1.22. The Labute approximate surface area is 155 Å². The van der Waals surface area contributed by atoms with E-state index in [0.717, 1.165) is 10.5 Å². The molecule has 1 aliphatic heterocycles. The zero-order chi connectivity index (χ0) is 19.8. The molecule has 9 heteroatoms. The van der Waals surface area contributed by atoms with Gasteiger partial charge >= 0.3 is 12.1 Å². The van der Waals surface area contributed by atoms with Crippen LogP contribution in [0.2, 0.25) is 0 Å². The first-order valence-electron chi connectivity index (χ1n) is 8.38. The van der Waals surface area contributed by atoms with Crippen molar-refractivity contribution in [2.75, 3.05) is 7.05 Å². The quantitative estimate of drug-likeness (QED) is 0.542. The molecule has 1 fully saturated rings. The third-order valence-electron chi connectivity index (χ3n) is 3.94. The average molecular weight is 376 g/mol. The number of carbonyl (C=O) groups is 5. The van der Waals surface area contributed by atoms with Crippen LogP contribution in [0.15, 0.2) is 30.3 Å². The number of carbonyl (C=O) groups excluding carboxylic acids is 5. The first kappa shape index (κ1) is 20.1.